The van der Waals surface area contributed by atoms with E-state index in [-0.39, 0.29) is 17.8 Å². The molecule has 3 nitrogen and oxygen atoms in total. The quantitative estimate of drug-likeness (QED) is 0.819. The fraction of sp³-hybridized carbons (Fsp3) is 0.727. The minimum atomic E-state index is 0. The number of thioether (sulfide) groups is 1. The van der Waals surface area contributed by atoms with Crippen molar-refractivity contribution >= 4 is 24.2 Å². The Morgan fingerprint density at radius 1 is 1.44 bits per heavy atom. The second-order valence-electron chi connectivity index (χ2n) is 4.20. The third kappa shape index (κ3) is 2.39. The Balaban J connectivity index is 0.00000128. The van der Waals surface area contributed by atoms with E-state index in [4.69, 9.17) is 4.74 Å². The van der Waals surface area contributed by atoms with Crippen molar-refractivity contribution in [1.29, 1.82) is 0 Å². The largest absolute Gasteiger partial charge is 0.362 e. The van der Waals surface area contributed by atoms with Crippen molar-refractivity contribution in [3.05, 3.63) is 17.0 Å². The molecule has 1 atom stereocenters. The van der Waals surface area contributed by atoms with E-state index in [0.29, 0.717) is 6.04 Å². The van der Waals surface area contributed by atoms with Gasteiger partial charge in [0.15, 0.2) is 0 Å². The van der Waals surface area contributed by atoms with Crippen LogP contribution in [0.3, 0.4) is 0 Å². The number of nitrogens with zero attached hydrogens (tertiary/aromatic N) is 2. The molecule has 0 bridgehead atoms. The van der Waals surface area contributed by atoms with Gasteiger partial charge in [-0.05, 0) is 27.7 Å². The van der Waals surface area contributed by atoms with Crippen LogP contribution in [0.5, 0.6) is 0 Å². The molecule has 2 heterocycles. The summed E-state index contributed by atoms with van der Waals surface area (Å²) < 4.78 is 7.79. The zero-order chi connectivity index (χ0) is 11.0. The molecule has 1 fully saturated rings. The molecular weight excluding hydrogens is 244 g/mol. The number of ether oxygens (including phenoxy) is 1. The van der Waals surface area contributed by atoms with Gasteiger partial charge < -0.3 is 4.74 Å². The van der Waals surface area contributed by atoms with Crippen molar-refractivity contribution in [1.82, 2.24) is 9.78 Å². The van der Waals surface area contributed by atoms with Crippen LogP contribution in [0.15, 0.2) is 0 Å². The lowest BCUT2D eigenvalue weighted by Gasteiger charge is -2.11. The minimum absolute atomic E-state index is 0. The molecule has 0 aliphatic carbocycles. The second-order valence-corrected chi connectivity index (χ2v) is 5.37. The number of halogens is 1. The first-order chi connectivity index (χ1) is 7.11. The molecule has 0 radical (unpaired) electrons. The number of hydrogen-bond donors (Lipinski definition) is 0. The Morgan fingerprint density at radius 3 is 2.56 bits per heavy atom. The maximum atomic E-state index is 5.70. The molecule has 0 N–H and O–H groups in total. The van der Waals surface area contributed by atoms with Gasteiger partial charge in [-0.25, -0.2) is 0 Å². The van der Waals surface area contributed by atoms with Gasteiger partial charge in [-0.3, -0.25) is 4.68 Å². The monoisotopic (exact) mass is 262 g/mol. The molecule has 16 heavy (non-hydrogen) atoms. The van der Waals surface area contributed by atoms with E-state index in [2.05, 4.69) is 37.5 Å². The van der Waals surface area contributed by atoms with Gasteiger partial charge in [0.2, 0.25) is 0 Å². The Kier molecular flexibility index (Phi) is 4.71. The second kappa shape index (κ2) is 5.43. The third-order valence-electron chi connectivity index (χ3n) is 2.73. The molecule has 1 saturated heterocycles. The Labute approximate surface area is 107 Å². The summed E-state index contributed by atoms with van der Waals surface area (Å²) in [4.78, 5) is 0. The van der Waals surface area contributed by atoms with Crippen molar-refractivity contribution in [2.45, 2.75) is 39.2 Å². The highest BCUT2D eigenvalue weighted by Crippen LogP contribution is 2.38. The van der Waals surface area contributed by atoms with E-state index in [9.17, 15) is 0 Å². The number of aryl methyl sites for hydroxylation is 1. The van der Waals surface area contributed by atoms with Gasteiger partial charge in [-0.1, -0.05) is 0 Å². The van der Waals surface area contributed by atoms with E-state index in [0.717, 1.165) is 18.1 Å². The SMILES string of the molecule is Cc1nn(C(C)C)c(C)c1C1OCCS1.Cl. The maximum Gasteiger partial charge on any atom is 0.132 e. The van der Waals surface area contributed by atoms with Crippen molar-refractivity contribution in [3.8, 4) is 0 Å². The van der Waals surface area contributed by atoms with Gasteiger partial charge in [0.05, 0.1) is 12.3 Å². The summed E-state index contributed by atoms with van der Waals surface area (Å²) in [5, 5.41) is 4.58. The summed E-state index contributed by atoms with van der Waals surface area (Å²) in [6, 6.07) is 0.420. The highest BCUT2D eigenvalue weighted by atomic mass is 35.5. The number of rotatable bonds is 2. The summed E-state index contributed by atoms with van der Waals surface area (Å²) in [6.07, 6.45) is 0. The minimum Gasteiger partial charge on any atom is -0.362 e. The molecule has 5 heteroatoms. The van der Waals surface area contributed by atoms with Crippen molar-refractivity contribution in [2.24, 2.45) is 0 Å². The van der Waals surface area contributed by atoms with Crippen LogP contribution in [0.1, 0.15) is 42.3 Å². The summed E-state index contributed by atoms with van der Waals surface area (Å²) in [7, 11) is 0. The van der Waals surface area contributed by atoms with Gasteiger partial charge in [0, 0.05) is 23.1 Å². The van der Waals surface area contributed by atoms with Gasteiger partial charge >= 0.3 is 0 Å². The topological polar surface area (TPSA) is 27.1 Å². The zero-order valence-electron chi connectivity index (χ0n) is 10.2. The average molecular weight is 263 g/mol. The molecule has 1 aliphatic rings. The lowest BCUT2D eigenvalue weighted by molar-refractivity contribution is 0.144. The van der Waals surface area contributed by atoms with Crippen LogP contribution in [-0.4, -0.2) is 22.1 Å². The molecule has 1 aromatic heterocycles. The zero-order valence-corrected chi connectivity index (χ0v) is 11.8. The molecular formula is C11H19ClN2OS. The lowest BCUT2D eigenvalue weighted by Crippen LogP contribution is -2.05. The highest BCUT2D eigenvalue weighted by molar-refractivity contribution is 7.99. The van der Waals surface area contributed by atoms with Gasteiger partial charge in [-0.15, -0.1) is 24.2 Å². The molecule has 0 amide bonds. The lowest BCUT2D eigenvalue weighted by atomic mass is 10.2. The molecule has 1 unspecified atom stereocenters. The normalized spacial score (nSPS) is 20.2. The summed E-state index contributed by atoms with van der Waals surface area (Å²) in [5.74, 6) is 1.09. The smallest absolute Gasteiger partial charge is 0.132 e. The first-order valence-electron chi connectivity index (χ1n) is 5.40. The maximum absolute atomic E-state index is 5.70. The molecule has 2 rings (SSSR count). The Bertz CT molecular complexity index is 359. The first-order valence-corrected chi connectivity index (χ1v) is 6.45. The summed E-state index contributed by atoms with van der Waals surface area (Å²) in [5.41, 5.74) is 3.85. The third-order valence-corrected chi connectivity index (χ3v) is 3.80. The fourth-order valence-electron chi connectivity index (χ4n) is 2.04. The van der Waals surface area contributed by atoms with Crippen LogP contribution < -0.4 is 0 Å². The Hall–Kier alpha value is -0.190. The van der Waals surface area contributed by atoms with Crippen LogP contribution in [0, 0.1) is 13.8 Å². The highest BCUT2D eigenvalue weighted by Gasteiger charge is 2.25. The van der Waals surface area contributed by atoms with E-state index >= 15 is 0 Å². The van der Waals surface area contributed by atoms with Crippen molar-refractivity contribution < 1.29 is 4.74 Å². The molecule has 1 aromatic rings. The summed E-state index contributed by atoms with van der Waals surface area (Å²) in [6.45, 7) is 9.39. The number of aromatic nitrogens is 2. The predicted octanol–water partition coefficient (Wildman–Crippen LogP) is 3.26. The van der Waals surface area contributed by atoms with Crippen LogP contribution in [0.2, 0.25) is 0 Å². The molecule has 92 valence electrons. The molecule has 0 saturated carbocycles. The van der Waals surface area contributed by atoms with Gasteiger partial charge in [0.25, 0.3) is 0 Å². The van der Waals surface area contributed by atoms with Crippen molar-refractivity contribution in [2.75, 3.05) is 12.4 Å². The van der Waals surface area contributed by atoms with Crippen LogP contribution in [-0.2, 0) is 4.74 Å². The fourth-order valence-corrected chi connectivity index (χ4v) is 3.15. The van der Waals surface area contributed by atoms with E-state index in [1.54, 1.807) is 0 Å². The van der Waals surface area contributed by atoms with Gasteiger partial charge in [-0.2, -0.15) is 5.10 Å². The van der Waals surface area contributed by atoms with Crippen molar-refractivity contribution in [3.63, 3.8) is 0 Å². The standard InChI is InChI=1S/C11H18N2OS.ClH/c1-7(2)13-9(4)10(8(3)12-13)11-14-5-6-15-11;/h7,11H,5-6H2,1-4H3;1H. The van der Waals surface area contributed by atoms with E-state index < -0.39 is 0 Å². The van der Waals surface area contributed by atoms with E-state index in [1.165, 1.54) is 11.3 Å². The molecule has 0 aromatic carbocycles. The number of hydrogen-bond acceptors (Lipinski definition) is 3. The van der Waals surface area contributed by atoms with Crippen LogP contribution in [0.4, 0.5) is 0 Å². The van der Waals surface area contributed by atoms with Crippen LogP contribution >= 0.6 is 24.2 Å². The van der Waals surface area contributed by atoms with E-state index in [1.807, 2.05) is 11.8 Å². The predicted molar refractivity (Wildman–Crippen MR) is 70.5 cm³/mol. The molecule has 1 aliphatic heterocycles. The molecule has 0 spiro atoms. The average Bonchev–Trinajstić information content (AvgIpc) is 2.73. The Morgan fingerprint density at radius 2 is 2.12 bits per heavy atom. The first kappa shape index (κ1) is 13.9. The summed E-state index contributed by atoms with van der Waals surface area (Å²) >= 11 is 1.87. The van der Waals surface area contributed by atoms with Gasteiger partial charge in [0.1, 0.15) is 5.44 Å². The van der Waals surface area contributed by atoms with Crippen LogP contribution in [0.25, 0.3) is 0 Å².